The van der Waals surface area contributed by atoms with E-state index >= 15 is 0 Å². The number of benzene rings is 4. The Kier molecular flexibility index (Phi) is 3.14. The van der Waals surface area contributed by atoms with Gasteiger partial charge in [-0.25, -0.2) is 9.98 Å². The molecular weight excluding hydrogens is 348 g/mol. The lowest BCUT2D eigenvalue weighted by Crippen LogP contribution is -2.15. The van der Waals surface area contributed by atoms with Crippen molar-refractivity contribution in [3.05, 3.63) is 96.1 Å². The van der Waals surface area contributed by atoms with Gasteiger partial charge in [0.1, 0.15) is 11.5 Å². The Morgan fingerprint density at radius 2 is 0.893 bits per heavy atom. The van der Waals surface area contributed by atoms with Crippen molar-refractivity contribution in [2.24, 2.45) is 9.98 Å². The lowest BCUT2D eigenvalue weighted by molar-refractivity contribution is 0.547. The van der Waals surface area contributed by atoms with Crippen LogP contribution in [0.15, 0.2) is 94.9 Å². The summed E-state index contributed by atoms with van der Waals surface area (Å²) in [5.74, 6) is 2.74. The molecule has 2 aliphatic rings. The van der Waals surface area contributed by atoms with Crippen LogP contribution in [-0.4, -0.2) is 11.8 Å². The van der Waals surface area contributed by atoms with Gasteiger partial charge in [0.05, 0.1) is 22.1 Å². The topological polar surface area (TPSA) is 43.2 Å². The van der Waals surface area contributed by atoms with E-state index in [0.717, 1.165) is 44.8 Å². The summed E-state index contributed by atoms with van der Waals surface area (Å²) >= 11 is 0. The van der Waals surface area contributed by atoms with Gasteiger partial charge in [-0.15, -0.1) is 0 Å². The zero-order valence-electron chi connectivity index (χ0n) is 14.8. The van der Waals surface area contributed by atoms with Crippen LogP contribution in [0.25, 0.3) is 10.8 Å². The Hall–Kier alpha value is -3.92. The van der Waals surface area contributed by atoms with Gasteiger partial charge >= 0.3 is 0 Å². The Bertz CT molecular complexity index is 1190. The molecule has 0 spiro atoms. The van der Waals surface area contributed by atoms with E-state index in [1.807, 2.05) is 84.9 Å². The van der Waals surface area contributed by atoms with E-state index in [9.17, 15) is 0 Å². The molecule has 0 bridgehead atoms. The molecule has 0 atom stereocenters. The second kappa shape index (κ2) is 5.79. The molecule has 132 valence electrons. The minimum absolute atomic E-state index is 0.598. The largest absolute Gasteiger partial charge is 0.438 e. The molecule has 28 heavy (non-hydrogen) atoms. The second-order valence-corrected chi connectivity index (χ2v) is 6.69. The molecule has 0 N–H and O–H groups in total. The third-order valence-electron chi connectivity index (χ3n) is 4.94. The van der Waals surface area contributed by atoms with E-state index in [2.05, 4.69) is 0 Å². The molecule has 0 saturated heterocycles. The van der Waals surface area contributed by atoms with Crippen molar-refractivity contribution < 1.29 is 9.47 Å². The first-order valence-electron chi connectivity index (χ1n) is 9.10. The van der Waals surface area contributed by atoms with Gasteiger partial charge in [0.25, 0.3) is 0 Å². The van der Waals surface area contributed by atoms with Crippen LogP contribution in [-0.2, 0) is 0 Å². The zero-order valence-corrected chi connectivity index (χ0v) is 14.8. The summed E-state index contributed by atoms with van der Waals surface area (Å²) in [6.45, 7) is 0. The minimum Gasteiger partial charge on any atom is -0.438 e. The van der Waals surface area contributed by atoms with Gasteiger partial charge < -0.3 is 9.47 Å². The number of aliphatic imine (C=N–C) groups is 2. The monoisotopic (exact) mass is 362 g/mol. The highest BCUT2D eigenvalue weighted by atomic mass is 16.5. The summed E-state index contributed by atoms with van der Waals surface area (Å²) < 4.78 is 12.3. The second-order valence-electron chi connectivity index (χ2n) is 6.69. The van der Waals surface area contributed by atoms with Crippen molar-refractivity contribution in [1.29, 1.82) is 0 Å². The zero-order chi connectivity index (χ0) is 18.5. The van der Waals surface area contributed by atoms with Crippen LogP contribution in [0.5, 0.6) is 11.5 Å². The number of nitrogens with zero attached hydrogens (tertiary/aromatic N) is 2. The lowest BCUT2D eigenvalue weighted by atomic mass is 10.0. The highest BCUT2D eigenvalue weighted by Crippen LogP contribution is 2.48. The van der Waals surface area contributed by atoms with E-state index in [1.54, 1.807) is 0 Å². The average molecular weight is 362 g/mol. The van der Waals surface area contributed by atoms with Crippen molar-refractivity contribution in [3.8, 4) is 11.5 Å². The third kappa shape index (κ3) is 2.25. The maximum absolute atomic E-state index is 6.13. The fourth-order valence-electron chi connectivity index (χ4n) is 3.64. The molecule has 0 amide bonds. The molecule has 4 heteroatoms. The van der Waals surface area contributed by atoms with Gasteiger partial charge in [0, 0.05) is 11.1 Å². The predicted molar refractivity (Wildman–Crippen MR) is 110 cm³/mol. The number of ether oxygens (including phenoxy) is 2. The van der Waals surface area contributed by atoms with Crippen molar-refractivity contribution in [3.63, 3.8) is 0 Å². The van der Waals surface area contributed by atoms with Crippen molar-refractivity contribution in [2.45, 2.75) is 0 Å². The Labute approximate surface area is 161 Å². The van der Waals surface area contributed by atoms with Crippen LogP contribution in [0.4, 0.5) is 11.4 Å². The van der Waals surface area contributed by atoms with Gasteiger partial charge in [-0.1, -0.05) is 36.4 Å². The average Bonchev–Trinajstić information content (AvgIpc) is 2.78. The normalized spacial score (nSPS) is 14.0. The standard InChI is InChI=1S/C24H14N2O2/c1-3-7-15(8-4-1)23-25-17-11-14-20-22-18(12-13-19(27-23)21(17)22)26-24(28-20)16-9-5-2-6-10-16/h1-14H. The molecule has 0 unspecified atom stereocenters. The molecule has 0 radical (unpaired) electrons. The summed E-state index contributed by atoms with van der Waals surface area (Å²) in [6, 6.07) is 27.7. The molecule has 0 aliphatic carbocycles. The van der Waals surface area contributed by atoms with Crippen LogP contribution in [0.1, 0.15) is 11.1 Å². The highest BCUT2D eigenvalue weighted by Gasteiger charge is 2.25. The van der Waals surface area contributed by atoms with Gasteiger partial charge in [-0.2, -0.15) is 0 Å². The quantitative estimate of drug-likeness (QED) is 0.453. The van der Waals surface area contributed by atoms with Crippen molar-refractivity contribution in [2.75, 3.05) is 0 Å². The lowest BCUT2D eigenvalue weighted by Gasteiger charge is -2.23. The molecule has 0 aromatic heterocycles. The van der Waals surface area contributed by atoms with Crippen molar-refractivity contribution in [1.82, 2.24) is 0 Å². The molecule has 0 fully saturated rings. The van der Waals surface area contributed by atoms with Gasteiger partial charge in [-0.3, -0.25) is 0 Å². The number of hydrogen-bond donors (Lipinski definition) is 0. The summed E-state index contributed by atoms with van der Waals surface area (Å²) in [7, 11) is 0. The summed E-state index contributed by atoms with van der Waals surface area (Å²) in [5.41, 5.74) is 3.62. The first kappa shape index (κ1) is 15.2. The van der Waals surface area contributed by atoms with E-state index in [4.69, 9.17) is 19.5 Å². The molecule has 6 rings (SSSR count). The molecule has 0 saturated carbocycles. The van der Waals surface area contributed by atoms with Gasteiger partial charge in [0.2, 0.25) is 11.8 Å². The van der Waals surface area contributed by atoms with Crippen LogP contribution >= 0.6 is 0 Å². The van der Waals surface area contributed by atoms with Crippen LogP contribution < -0.4 is 9.47 Å². The molecular formula is C24H14N2O2. The first-order valence-corrected chi connectivity index (χ1v) is 9.10. The molecule has 2 aliphatic heterocycles. The minimum atomic E-state index is 0.598. The maximum atomic E-state index is 6.13. The summed E-state index contributed by atoms with van der Waals surface area (Å²) in [4.78, 5) is 9.48. The fourth-order valence-corrected chi connectivity index (χ4v) is 3.64. The first-order chi connectivity index (χ1) is 13.9. The SMILES string of the molecule is c1ccc(C2=Nc3ccc4c5c(ccc(c35)O2)N=C(c2ccccc2)O4)cc1. The van der Waals surface area contributed by atoms with E-state index in [1.165, 1.54) is 0 Å². The summed E-state index contributed by atoms with van der Waals surface area (Å²) in [5, 5.41) is 1.87. The Morgan fingerprint density at radius 1 is 0.464 bits per heavy atom. The Morgan fingerprint density at radius 3 is 1.32 bits per heavy atom. The number of rotatable bonds is 2. The third-order valence-corrected chi connectivity index (χ3v) is 4.94. The smallest absolute Gasteiger partial charge is 0.227 e. The molecule has 2 heterocycles. The van der Waals surface area contributed by atoms with Crippen LogP contribution in [0.3, 0.4) is 0 Å². The van der Waals surface area contributed by atoms with E-state index < -0.39 is 0 Å². The predicted octanol–water partition coefficient (Wildman–Crippen LogP) is 5.78. The van der Waals surface area contributed by atoms with Crippen LogP contribution in [0, 0.1) is 0 Å². The van der Waals surface area contributed by atoms with Gasteiger partial charge in [0.15, 0.2) is 0 Å². The molecule has 4 nitrogen and oxygen atoms in total. The fraction of sp³-hybridized carbons (Fsp3) is 0. The Balaban J connectivity index is 1.54. The highest BCUT2D eigenvalue weighted by molar-refractivity contribution is 6.16. The summed E-state index contributed by atoms with van der Waals surface area (Å²) in [6.07, 6.45) is 0. The maximum Gasteiger partial charge on any atom is 0.227 e. The van der Waals surface area contributed by atoms with E-state index in [-0.39, 0.29) is 0 Å². The molecule has 4 aromatic rings. The van der Waals surface area contributed by atoms with E-state index in [0.29, 0.717) is 11.8 Å². The number of hydrogen-bond acceptors (Lipinski definition) is 4. The van der Waals surface area contributed by atoms with Gasteiger partial charge in [-0.05, 0) is 48.5 Å². The molecule has 4 aromatic carbocycles. The van der Waals surface area contributed by atoms with Crippen molar-refractivity contribution >= 4 is 33.9 Å². The van der Waals surface area contributed by atoms with Crippen LogP contribution in [0.2, 0.25) is 0 Å².